The normalized spacial score (nSPS) is 31.8. The third-order valence-electron chi connectivity index (χ3n) is 3.75. The van der Waals surface area contributed by atoms with Crippen LogP contribution in [0.3, 0.4) is 0 Å². The average Bonchev–Trinajstić information content (AvgIpc) is 3.10. The monoisotopic (exact) mass is 422 g/mol. The Hall–Kier alpha value is -0.610. The number of aromatic amines is 1. The van der Waals surface area contributed by atoms with E-state index >= 15 is 0 Å². The zero-order chi connectivity index (χ0) is 14.6. The molecule has 2 aromatic rings. The van der Waals surface area contributed by atoms with E-state index in [4.69, 9.17) is 25.8 Å². The smallest absolute Gasteiger partial charge is 0.295 e. The lowest BCUT2D eigenvalue weighted by molar-refractivity contribution is 0.00706. The highest BCUT2D eigenvalue weighted by Gasteiger charge is 2.48. The maximum absolute atomic E-state index is 9.71. The van der Waals surface area contributed by atoms with E-state index in [-0.39, 0.29) is 24.9 Å². The van der Waals surface area contributed by atoms with Crippen molar-refractivity contribution in [2.75, 3.05) is 13.2 Å². The van der Waals surface area contributed by atoms with Crippen molar-refractivity contribution in [3.05, 3.63) is 20.7 Å². The number of H-pyrrole nitrogens is 1. The zero-order valence-electron chi connectivity index (χ0n) is 10.8. The van der Waals surface area contributed by atoms with E-state index in [2.05, 4.69) is 32.6 Å². The minimum atomic E-state index is -0.584. The van der Waals surface area contributed by atoms with Crippen LogP contribution >= 0.6 is 34.2 Å². The summed E-state index contributed by atoms with van der Waals surface area (Å²) in [6.07, 6.45) is -1.42. The summed E-state index contributed by atoms with van der Waals surface area (Å²) in [6.45, 7) is 0.658. The average molecular weight is 423 g/mol. The second-order valence-electron chi connectivity index (χ2n) is 5.14. The van der Waals surface area contributed by atoms with Gasteiger partial charge in [0.2, 0.25) is 0 Å². The van der Waals surface area contributed by atoms with Crippen molar-refractivity contribution in [2.24, 2.45) is 0 Å². The molecule has 0 saturated carbocycles. The fourth-order valence-electron chi connectivity index (χ4n) is 2.73. The standard InChI is InChI=1S/C13H12ClIN2O4/c14-5-1-7-8(2-6(5)15)17-13(16-7)21-10-4-20-11-9(18)3-19-12(10)11/h1-2,9-12,18H,3-4H2,(H,16,17)/t9-,10-,11-,12-/m1/s1. The molecule has 2 fully saturated rings. The Balaban J connectivity index is 1.57. The number of imidazole rings is 1. The summed E-state index contributed by atoms with van der Waals surface area (Å²) >= 11 is 8.25. The lowest BCUT2D eigenvalue weighted by Crippen LogP contribution is -2.34. The Morgan fingerprint density at radius 3 is 3.00 bits per heavy atom. The molecule has 2 saturated heterocycles. The van der Waals surface area contributed by atoms with Gasteiger partial charge in [-0.3, -0.25) is 0 Å². The summed E-state index contributed by atoms with van der Waals surface area (Å²) in [7, 11) is 0. The summed E-state index contributed by atoms with van der Waals surface area (Å²) < 4.78 is 17.8. The van der Waals surface area contributed by atoms with Crippen molar-refractivity contribution < 1.29 is 19.3 Å². The van der Waals surface area contributed by atoms with E-state index in [0.717, 1.165) is 14.6 Å². The van der Waals surface area contributed by atoms with E-state index in [9.17, 15) is 5.11 Å². The Bertz CT molecular complexity index is 655. The van der Waals surface area contributed by atoms with Gasteiger partial charge in [-0.2, -0.15) is 4.98 Å². The van der Waals surface area contributed by atoms with Crippen LogP contribution in [0.25, 0.3) is 11.0 Å². The number of aliphatic hydroxyl groups is 1. The fraction of sp³-hybridized carbons (Fsp3) is 0.462. The van der Waals surface area contributed by atoms with Crippen LogP contribution in [0.15, 0.2) is 12.1 Å². The molecular weight excluding hydrogens is 411 g/mol. The first-order chi connectivity index (χ1) is 10.1. The molecule has 6 nitrogen and oxygen atoms in total. The molecule has 0 radical (unpaired) electrons. The van der Waals surface area contributed by atoms with Crippen LogP contribution in [-0.2, 0) is 9.47 Å². The van der Waals surface area contributed by atoms with Gasteiger partial charge in [-0.15, -0.1) is 0 Å². The third kappa shape index (κ3) is 2.40. The number of rotatable bonds is 2. The highest BCUT2D eigenvalue weighted by Crippen LogP contribution is 2.30. The second kappa shape index (κ2) is 5.24. The van der Waals surface area contributed by atoms with Gasteiger partial charge in [-0.05, 0) is 34.7 Å². The van der Waals surface area contributed by atoms with Crippen molar-refractivity contribution in [3.63, 3.8) is 0 Å². The van der Waals surface area contributed by atoms with Crippen LogP contribution in [-0.4, -0.2) is 52.7 Å². The predicted octanol–water partition coefficient (Wildman–Crippen LogP) is 1.73. The molecule has 21 heavy (non-hydrogen) atoms. The molecule has 3 heterocycles. The van der Waals surface area contributed by atoms with Crippen LogP contribution < -0.4 is 4.74 Å². The topological polar surface area (TPSA) is 76.6 Å². The van der Waals surface area contributed by atoms with E-state index in [0.29, 0.717) is 17.6 Å². The molecule has 2 aliphatic rings. The van der Waals surface area contributed by atoms with Gasteiger partial charge < -0.3 is 24.3 Å². The first-order valence-electron chi connectivity index (χ1n) is 6.54. The van der Waals surface area contributed by atoms with Gasteiger partial charge in [0.25, 0.3) is 6.01 Å². The number of aromatic nitrogens is 2. The summed E-state index contributed by atoms with van der Waals surface area (Å²) in [5.74, 6) is 0. The zero-order valence-corrected chi connectivity index (χ0v) is 13.7. The third-order valence-corrected chi connectivity index (χ3v) is 5.27. The number of benzene rings is 1. The number of nitrogens with zero attached hydrogens (tertiary/aromatic N) is 1. The number of halogens is 2. The molecule has 2 aliphatic heterocycles. The van der Waals surface area contributed by atoms with Crippen molar-refractivity contribution in [2.45, 2.75) is 24.4 Å². The summed E-state index contributed by atoms with van der Waals surface area (Å²) in [5, 5.41) is 10.4. The van der Waals surface area contributed by atoms with Crippen molar-refractivity contribution in [3.8, 4) is 6.01 Å². The highest BCUT2D eigenvalue weighted by molar-refractivity contribution is 14.1. The SMILES string of the molecule is O[C@@H]1CO[C@H]2[C@@H]1OC[C@H]2Oc1nc2cc(I)c(Cl)cc2[nH]1. The van der Waals surface area contributed by atoms with Gasteiger partial charge in [-0.1, -0.05) is 11.6 Å². The molecule has 1 aromatic heterocycles. The molecule has 8 heteroatoms. The molecule has 0 amide bonds. The van der Waals surface area contributed by atoms with Gasteiger partial charge in [0.1, 0.15) is 18.3 Å². The second-order valence-corrected chi connectivity index (χ2v) is 6.71. The first-order valence-corrected chi connectivity index (χ1v) is 8.00. The van der Waals surface area contributed by atoms with E-state index in [1.54, 1.807) is 0 Å². The molecule has 2 N–H and O–H groups in total. The fourth-order valence-corrected chi connectivity index (χ4v) is 3.34. The lowest BCUT2D eigenvalue weighted by Gasteiger charge is -2.15. The molecule has 4 atom stereocenters. The van der Waals surface area contributed by atoms with Gasteiger partial charge in [0.05, 0.1) is 29.3 Å². The van der Waals surface area contributed by atoms with Crippen molar-refractivity contribution >= 4 is 45.2 Å². The molecule has 1 aromatic carbocycles. The van der Waals surface area contributed by atoms with Gasteiger partial charge in [0, 0.05) is 3.57 Å². The summed E-state index contributed by atoms with van der Waals surface area (Å²) in [5.41, 5.74) is 1.61. The molecule has 0 bridgehead atoms. The van der Waals surface area contributed by atoms with Crippen molar-refractivity contribution in [1.29, 1.82) is 0 Å². The van der Waals surface area contributed by atoms with Crippen molar-refractivity contribution in [1.82, 2.24) is 9.97 Å². The van der Waals surface area contributed by atoms with Crippen LogP contribution in [0.1, 0.15) is 0 Å². The summed E-state index contributed by atoms with van der Waals surface area (Å²) in [6, 6.07) is 4.12. The first kappa shape index (κ1) is 14.0. The quantitative estimate of drug-likeness (QED) is 0.721. The molecule has 0 spiro atoms. The Morgan fingerprint density at radius 2 is 2.14 bits per heavy atom. The van der Waals surface area contributed by atoms with Crippen LogP contribution in [0.4, 0.5) is 0 Å². The van der Waals surface area contributed by atoms with Gasteiger partial charge >= 0.3 is 0 Å². The van der Waals surface area contributed by atoms with Crippen LogP contribution in [0, 0.1) is 3.57 Å². The largest absolute Gasteiger partial charge is 0.456 e. The summed E-state index contributed by atoms with van der Waals surface area (Å²) in [4.78, 5) is 7.48. The number of hydrogen-bond acceptors (Lipinski definition) is 5. The molecule has 112 valence electrons. The van der Waals surface area contributed by atoms with Gasteiger partial charge in [-0.25, -0.2) is 0 Å². The van der Waals surface area contributed by atoms with Crippen LogP contribution in [0.2, 0.25) is 5.02 Å². The molecule has 0 unspecified atom stereocenters. The van der Waals surface area contributed by atoms with E-state index in [1.807, 2.05) is 12.1 Å². The minimum Gasteiger partial charge on any atom is -0.456 e. The molecule has 4 rings (SSSR count). The number of ether oxygens (including phenoxy) is 3. The molecular formula is C13H12ClIN2O4. The number of aliphatic hydroxyl groups excluding tert-OH is 1. The Morgan fingerprint density at radius 1 is 1.33 bits per heavy atom. The van der Waals surface area contributed by atoms with Crippen LogP contribution in [0.5, 0.6) is 6.01 Å². The molecule has 0 aliphatic carbocycles. The van der Waals surface area contributed by atoms with E-state index < -0.39 is 6.10 Å². The Labute approximate surface area is 138 Å². The maximum Gasteiger partial charge on any atom is 0.295 e. The van der Waals surface area contributed by atoms with E-state index in [1.165, 1.54) is 0 Å². The number of hydrogen-bond donors (Lipinski definition) is 2. The lowest BCUT2D eigenvalue weighted by atomic mass is 10.1. The van der Waals surface area contributed by atoms with Gasteiger partial charge in [0.15, 0.2) is 6.10 Å². The maximum atomic E-state index is 9.71. The minimum absolute atomic E-state index is 0.253. The number of fused-ring (bicyclic) bond motifs is 2. The Kier molecular flexibility index (Phi) is 3.49. The highest BCUT2D eigenvalue weighted by atomic mass is 127. The predicted molar refractivity (Wildman–Crippen MR) is 83.7 cm³/mol. The number of nitrogens with one attached hydrogen (secondary N) is 1.